The SMILES string of the molecule is CCOC(=O)CC1(O)C[C@H]2CC(c3ccnc4ccc(F)cc34)C[C@H]2C1. The Labute approximate surface area is 152 Å². The molecule has 2 saturated carbocycles. The summed E-state index contributed by atoms with van der Waals surface area (Å²) in [6, 6.07) is 6.74. The first-order chi connectivity index (χ1) is 12.5. The molecular weight excluding hydrogens is 333 g/mol. The minimum atomic E-state index is -0.932. The normalized spacial score (nSPS) is 30.5. The molecule has 0 radical (unpaired) electrons. The minimum Gasteiger partial charge on any atom is -0.466 e. The van der Waals surface area contributed by atoms with E-state index < -0.39 is 5.60 Å². The van der Waals surface area contributed by atoms with Crippen molar-refractivity contribution in [3.8, 4) is 0 Å². The Balaban J connectivity index is 1.50. The summed E-state index contributed by atoms with van der Waals surface area (Å²) in [4.78, 5) is 16.1. The number of aromatic nitrogens is 1. The topological polar surface area (TPSA) is 59.4 Å². The van der Waals surface area contributed by atoms with Gasteiger partial charge in [0.1, 0.15) is 5.82 Å². The maximum absolute atomic E-state index is 13.7. The van der Waals surface area contributed by atoms with Crippen LogP contribution < -0.4 is 0 Å². The van der Waals surface area contributed by atoms with Crippen molar-refractivity contribution in [1.29, 1.82) is 0 Å². The van der Waals surface area contributed by atoms with Gasteiger partial charge in [0.15, 0.2) is 0 Å². The summed E-state index contributed by atoms with van der Waals surface area (Å²) in [5.41, 5.74) is 1.04. The number of halogens is 1. The summed E-state index contributed by atoms with van der Waals surface area (Å²) >= 11 is 0. The molecular formula is C21H24FNO3. The van der Waals surface area contributed by atoms with Gasteiger partial charge in [-0.15, -0.1) is 0 Å². The Morgan fingerprint density at radius 3 is 2.73 bits per heavy atom. The van der Waals surface area contributed by atoms with Crippen LogP contribution in [-0.2, 0) is 9.53 Å². The molecule has 26 heavy (non-hydrogen) atoms. The van der Waals surface area contributed by atoms with Crippen molar-refractivity contribution in [2.75, 3.05) is 6.61 Å². The number of ether oxygens (including phenoxy) is 1. The zero-order valence-corrected chi connectivity index (χ0v) is 15.0. The van der Waals surface area contributed by atoms with Gasteiger partial charge in [0.25, 0.3) is 0 Å². The molecule has 2 fully saturated rings. The van der Waals surface area contributed by atoms with Crippen LogP contribution in [0, 0.1) is 17.7 Å². The molecule has 1 aromatic heterocycles. The summed E-state index contributed by atoms with van der Waals surface area (Å²) in [5, 5.41) is 11.7. The summed E-state index contributed by atoms with van der Waals surface area (Å²) in [6.45, 7) is 2.12. The zero-order chi connectivity index (χ0) is 18.3. The number of hydrogen-bond acceptors (Lipinski definition) is 4. The first kappa shape index (κ1) is 17.4. The second kappa shape index (κ2) is 6.62. The van der Waals surface area contributed by atoms with Gasteiger partial charge in [0.2, 0.25) is 0 Å². The number of carbonyl (C=O) groups is 1. The van der Waals surface area contributed by atoms with Gasteiger partial charge in [-0.25, -0.2) is 4.39 Å². The molecule has 0 aliphatic heterocycles. The van der Waals surface area contributed by atoms with Crippen LogP contribution >= 0.6 is 0 Å². The highest BCUT2D eigenvalue weighted by molar-refractivity contribution is 5.82. The molecule has 138 valence electrons. The molecule has 0 spiro atoms. The number of hydrogen-bond donors (Lipinski definition) is 1. The molecule has 4 rings (SSSR count). The molecule has 1 heterocycles. The average Bonchev–Trinajstić information content (AvgIpc) is 3.08. The number of esters is 1. The van der Waals surface area contributed by atoms with E-state index in [2.05, 4.69) is 4.98 Å². The van der Waals surface area contributed by atoms with E-state index in [4.69, 9.17) is 4.74 Å². The molecule has 2 aromatic rings. The standard InChI is InChI=1S/C21H24FNO3/c1-2-26-20(24)12-21(25)10-14-7-13(8-15(14)11-21)17-5-6-23-19-4-3-16(22)9-18(17)19/h3-6,9,13-15,25H,2,7-8,10-12H2,1H3/t13?,14-,15+,21?. The highest BCUT2D eigenvalue weighted by Crippen LogP contribution is 2.55. The van der Waals surface area contributed by atoms with E-state index in [0.717, 1.165) is 29.3 Å². The number of pyridine rings is 1. The van der Waals surface area contributed by atoms with Crippen LogP contribution in [0.2, 0.25) is 0 Å². The second-order valence-electron chi connectivity index (χ2n) is 7.86. The number of aliphatic hydroxyl groups is 1. The third kappa shape index (κ3) is 3.20. The summed E-state index contributed by atoms with van der Waals surface area (Å²) in [7, 11) is 0. The molecule has 2 aliphatic carbocycles. The lowest BCUT2D eigenvalue weighted by Gasteiger charge is -2.24. The van der Waals surface area contributed by atoms with Crippen molar-refractivity contribution in [2.45, 2.75) is 50.5 Å². The number of fused-ring (bicyclic) bond motifs is 2. The smallest absolute Gasteiger partial charge is 0.308 e. The Hall–Kier alpha value is -2.01. The van der Waals surface area contributed by atoms with Gasteiger partial charge in [0.05, 0.1) is 24.1 Å². The Morgan fingerprint density at radius 1 is 1.31 bits per heavy atom. The molecule has 0 saturated heterocycles. The van der Waals surface area contributed by atoms with E-state index in [1.807, 2.05) is 6.07 Å². The molecule has 4 atom stereocenters. The molecule has 1 N–H and O–H groups in total. The monoisotopic (exact) mass is 357 g/mol. The first-order valence-electron chi connectivity index (χ1n) is 9.39. The number of nitrogens with zero attached hydrogens (tertiary/aromatic N) is 1. The van der Waals surface area contributed by atoms with E-state index in [1.54, 1.807) is 25.3 Å². The van der Waals surface area contributed by atoms with Crippen LogP contribution in [0.4, 0.5) is 4.39 Å². The number of benzene rings is 1. The van der Waals surface area contributed by atoms with Crippen molar-refractivity contribution >= 4 is 16.9 Å². The van der Waals surface area contributed by atoms with Crippen molar-refractivity contribution in [3.63, 3.8) is 0 Å². The van der Waals surface area contributed by atoms with E-state index in [9.17, 15) is 14.3 Å². The lowest BCUT2D eigenvalue weighted by Crippen LogP contribution is -2.30. The van der Waals surface area contributed by atoms with E-state index in [0.29, 0.717) is 37.2 Å². The summed E-state index contributed by atoms with van der Waals surface area (Å²) in [5.74, 6) is 0.590. The van der Waals surface area contributed by atoms with Gasteiger partial charge in [-0.3, -0.25) is 9.78 Å². The van der Waals surface area contributed by atoms with Crippen molar-refractivity contribution in [2.24, 2.45) is 11.8 Å². The quantitative estimate of drug-likeness (QED) is 0.842. The Kier molecular flexibility index (Phi) is 4.43. The third-order valence-corrected chi connectivity index (χ3v) is 6.08. The van der Waals surface area contributed by atoms with Gasteiger partial charge in [-0.2, -0.15) is 0 Å². The van der Waals surface area contributed by atoms with Crippen LogP contribution in [-0.4, -0.2) is 28.3 Å². The van der Waals surface area contributed by atoms with Crippen molar-refractivity contribution in [1.82, 2.24) is 4.98 Å². The summed E-state index contributed by atoms with van der Waals surface area (Å²) < 4.78 is 18.7. The van der Waals surface area contributed by atoms with Gasteiger partial charge in [-0.1, -0.05) is 0 Å². The van der Waals surface area contributed by atoms with Crippen LogP contribution in [0.25, 0.3) is 10.9 Å². The highest BCUT2D eigenvalue weighted by Gasteiger charge is 2.49. The minimum absolute atomic E-state index is 0.0852. The Bertz CT molecular complexity index is 823. The first-order valence-corrected chi connectivity index (χ1v) is 9.39. The molecule has 0 bridgehead atoms. The van der Waals surface area contributed by atoms with Crippen molar-refractivity contribution < 1.29 is 19.0 Å². The molecule has 2 unspecified atom stereocenters. The van der Waals surface area contributed by atoms with E-state index in [1.165, 1.54) is 6.07 Å². The maximum atomic E-state index is 13.7. The fraction of sp³-hybridized carbons (Fsp3) is 0.524. The lowest BCUT2D eigenvalue weighted by molar-refractivity contribution is -0.148. The lowest BCUT2D eigenvalue weighted by atomic mass is 9.88. The predicted molar refractivity (Wildman–Crippen MR) is 96.1 cm³/mol. The fourth-order valence-electron chi connectivity index (χ4n) is 5.15. The van der Waals surface area contributed by atoms with Crippen LogP contribution in [0.15, 0.2) is 30.5 Å². The van der Waals surface area contributed by atoms with E-state index in [-0.39, 0.29) is 18.2 Å². The Morgan fingerprint density at radius 2 is 2.04 bits per heavy atom. The van der Waals surface area contributed by atoms with Gasteiger partial charge in [-0.05, 0) is 80.2 Å². The molecule has 5 heteroatoms. The predicted octanol–water partition coefficient (Wildman–Crippen LogP) is 3.96. The van der Waals surface area contributed by atoms with Crippen LogP contribution in [0.3, 0.4) is 0 Å². The number of carbonyl (C=O) groups excluding carboxylic acids is 1. The maximum Gasteiger partial charge on any atom is 0.308 e. The van der Waals surface area contributed by atoms with Gasteiger partial charge in [0, 0.05) is 11.6 Å². The average molecular weight is 357 g/mol. The highest BCUT2D eigenvalue weighted by atomic mass is 19.1. The molecule has 4 nitrogen and oxygen atoms in total. The molecule has 2 aliphatic rings. The molecule has 0 amide bonds. The second-order valence-corrected chi connectivity index (χ2v) is 7.86. The largest absolute Gasteiger partial charge is 0.466 e. The third-order valence-electron chi connectivity index (χ3n) is 6.08. The van der Waals surface area contributed by atoms with Crippen molar-refractivity contribution in [3.05, 3.63) is 41.8 Å². The summed E-state index contributed by atoms with van der Waals surface area (Å²) in [6.07, 6.45) is 5.09. The van der Waals surface area contributed by atoms with Gasteiger partial charge < -0.3 is 9.84 Å². The zero-order valence-electron chi connectivity index (χ0n) is 15.0. The molecule has 1 aromatic carbocycles. The van der Waals surface area contributed by atoms with Gasteiger partial charge >= 0.3 is 5.97 Å². The van der Waals surface area contributed by atoms with E-state index >= 15 is 0 Å². The fourth-order valence-corrected chi connectivity index (χ4v) is 5.15. The van der Waals surface area contributed by atoms with Crippen LogP contribution in [0.5, 0.6) is 0 Å². The van der Waals surface area contributed by atoms with Crippen LogP contribution in [0.1, 0.15) is 50.5 Å². The number of rotatable bonds is 4.